The molecule has 3 heterocycles. The van der Waals surface area contributed by atoms with Crippen molar-refractivity contribution < 1.29 is 62.1 Å². The smallest absolute Gasteiger partial charge is 0.252 e. The van der Waals surface area contributed by atoms with Crippen molar-refractivity contribution in [2.24, 2.45) is 40.4 Å². The minimum Gasteiger partial charge on any atom is -0.379 e. The lowest BCUT2D eigenvalue weighted by atomic mass is 9.72. The summed E-state index contributed by atoms with van der Waals surface area (Å²) in [5.74, 6) is -1.98. The largest absolute Gasteiger partial charge is 0.379 e. The van der Waals surface area contributed by atoms with Crippen molar-refractivity contribution in [3.63, 3.8) is 0 Å². The lowest BCUT2D eigenvalue weighted by Gasteiger charge is -2.41. The average molecular weight is 1240 g/mol. The van der Waals surface area contributed by atoms with Gasteiger partial charge < -0.3 is 38.8 Å². The zero-order chi connectivity index (χ0) is 64.9. The summed E-state index contributed by atoms with van der Waals surface area (Å²) in [6.45, 7) is 25.9. The SMILES string of the molecule is CCCCC1CCCN(C(=O)[C@]2(CCCC(=O)[C@H](C)[C@@H](OC)[C@@H]3CCCN3C(=O)C[C@@H](OC)[C@H]([C@@H](C)CC)N(C)C(=O)[C@@H](NC(=O)[C@H](C(C)C)N(C)CCOCCOCCOCCN3C(=O)CC(C(C)(CC)CC)C3=O)C(C)C)C[C@@H]2c2ccccc2)O1. The van der Waals surface area contributed by atoms with Crippen LogP contribution in [0.2, 0.25) is 0 Å². The summed E-state index contributed by atoms with van der Waals surface area (Å²) in [6, 6.07) is 7.94. The third kappa shape index (κ3) is 19.3. The molecule has 1 aromatic carbocycles. The molecule has 2 unspecified atom stereocenters. The molecule has 6 amide bonds. The van der Waals surface area contributed by atoms with Gasteiger partial charge in [0.25, 0.3) is 5.91 Å². The van der Waals surface area contributed by atoms with Crippen LogP contribution in [0.5, 0.6) is 0 Å². The number of benzene rings is 1. The van der Waals surface area contributed by atoms with Gasteiger partial charge in [-0.2, -0.15) is 0 Å². The van der Waals surface area contributed by atoms with Crippen molar-refractivity contribution in [1.82, 2.24) is 30.0 Å². The first-order valence-corrected chi connectivity index (χ1v) is 33.8. The number of nitrogens with one attached hydrogen (secondary N) is 1. The van der Waals surface area contributed by atoms with Gasteiger partial charge in [0.2, 0.25) is 29.5 Å². The van der Waals surface area contributed by atoms with Crippen LogP contribution in [0.1, 0.15) is 190 Å². The Morgan fingerprint density at radius 1 is 0.818 bits per heavy atom. The minimum absolute atomic E-state index is 0.00430. The fourth-order valence-electron chi connectivity index (χ4n) is 14.2. The van der Waals surface area contributed by atoms with E-state index in [1.807, 2.05) is 76.6 Å². The Hall–Kier alpha value is -4.37. The quantitative estimate of drug-likeness (QED) is 0.0480. The van der Waals surface area contributed by atoms with E-state index in [4.69, 9.17) is 28.5 Å². The summed E-state index contributed by atoms with van der Waals surface area (Å²) >= 11 is 0. The Labute approximate surface area is 529 Å². The Morgan fingerprint density at radius 2 is 1.47 bits per heavy atom. The first-order chi connectivity index (χ1) is 42.0. The summed E-state index contributed by atoms with van der Waals surface area (Å²) in [5.41, 5.74) is 0.330. The maximum Gasteiger partial charge on any atom is 0.252 e. The second kappa shape index (κ2) is 36.0. The van der Waals surface area contributed by atoms with Gasteiger partial charge in [-0.3, -0.25) is 48.2 Å². The number of ketones is 1. The van der Waals surface area contributed by atoms with Crippen molar-refractivity contribution in [1.29, 1.82) is 0 Å². The average Bonchev–Trinajstić information content (AvgIpc) is 1.99. The summed E-state index contributed by atoms with van der Waals surface area (Å²) in [7, 11) is 6.80. The van der Waals surface area contributed by atoms with Gasteiger partial charge in [-0.25, -0.2) is 5.06 Å². The van der Waals surface area contributed by atoms with Gasteiger partial charge >= 0.3 is 0 Å². The van der Waals surface area contributed by atoms with Crippen molar-refractivity contribution in [3.05, 3.63) is 35.9 Å². The van der Waals surface area contributed by atoms with Crippen LogP contribution in [0.15, 0.2) is 30.3 Å². The van der Waals surface area contributed by atoms with Crippen LogP contribution in [0.3, 0.4) is 0 Å². The molecular weight excluding hydrogens is 1120 g/mol. The standard InChI is InChI=1S/C69H116N6O13/c1-16-20-29-52-30-25-35-75(88-52)67(82)69(46-54(69)51-27-22-21-23-28-51)33-24-32-56(76)50(10)63(84-15)55-31-26-34-73(55)59(78)45-57(83-14)62(49(9)17-2)72(13)66(81)60(47(5)6)70-64(79)61(48(7)8)71(12)36-38-85-40-42-87-43-41-86-39-37-74-58(77)44-53(65(74)80)68(11,18-3)19-4/h21-23,27-28,47-50,52-55,57,60-63H,16-20,24-26,29-46H2,1-15H3,(H,70,79)/t49-,50-,52?,53?,54+,55-,57+,60-,61-,62-,63+,69+/m0/s1. The highest BCUT2D eigenvalue weighted by molar-refractivity contribution is 6.04. The normalized spacial score (nSPS) is 23.1. The first kappa shape index (κ1) is 74.4. The molecule has 4 fully saturated rings. The van der Waals surface area contributed by atoms with Crippen molar-refractivity contribution in [3.8, 4) is 0 Å². The van der Waals surface area contributed by atoms with Crippen LogP contribution < -0.4 is 5.32 Å². The summed E-state index contributed by atoms with van der Waals surface area (Å²) in [6.07, 6.45) is 9.99. The molecule has 1 saturated carbocycles. The zero-order valence-corrected chi connectivity index (χ0v) is 56.8. The van der Waals surface area contributed by atoms with E-state index >= 15 is 0 Å². The molecule has 3 aliphatic heterocycles. The summed E-state index contributed by atoms with van der Waals surface area (Å²) < 4.78 is 29.6. The number of unbranched alkanes of at least 4 members (excludes halogenated alkanes) is 1. The van der Waals surface area contributed by atoms with Crippen LogP contribution in [0.25, 0.3) is 0 Å². The number of carbonyl (C=O) groups excluding carboxylic acids is 7. The molecule has 0 radical (unpaired) electrons. The molecule has 0 aromatic heterocycles. The maximum absolute atomic E-state index is 14.8. The number of imide groups is 1. The first-order valence-electron chi connectivity index (χ1n) is 33.8. The molecule has 3 saturated heterocycles. The van der Waals surface area contributed by atoms with Crippen LogP contribution in [-0.4, -0.2) is 203 Å². The molecule has 19 nitrogen and oxygen atoms in total. The van der Waals surface area contributed by atoms with Gasteiger partial charge in [-0.1, -0.05) is 126 Å². The number of likely N-dealkylation sites (tertiary alicyclic amines) is 2. The highest BCUT2D eigenvalue weighted by atomic mass is 16.7. The van der Waals surface area contributed by atoms with Crippen LogP contribution in [0, 0.1) is 40.4 Å². The van der Waals surface area contributed by atoms with Crippen molar-refractivity contribution in [2.75, 3.05) is 94.1 Å². The monoisotopic (exact) mass is 1240 g/mol. The Morgan fingerprint density at radius 3 is 2.07 bits per heavy atom. The van der Waals surface area contributed by atoms with Crippen LogP contribution in [-0.2, 0) is 62.1 Å². The van der Waals surface area contributed by atoms with Crippen molar-refractivity contribution >= 4 is 41.2 Å². The number of likely N-dealkylation sites (N-methyl/N-ethyl adjacent to an activating group) is 2. The molecule has 4 aliphatic rings. The molecule has 1 aromatic rings. The molecule has 19 heteroatoms. The fraction of sp³-hybridized carbons (Fsp3) is 0.812. The number of amides is 6. The van der Waals surface area contributed by atoms with Crippen LogP contribution >= 0.6 is 0 Å². The predicted octanol–water partition coefficient (Wildman–Crippen LogP) is 9.28. The number of carbonyl (C=O) groups is 7. The number of rotatable bonds is 41. The van der Waals surface area contributed by atoms with E-state index in [1.54, 1.807) is 31.2 Å². The van der Waals surface area contributed by atoms with E-state index in [1.165, 1.54) is 4.90 Å². The highest BCUT2D eigenvalue weighted by Crippen LogP contribution is 2.63. The molecule has 88 heavy (non-hydrogen) atoms. The zero-order valence-electron chi connectivity index (χ0n) is 56.8. The molecule has 1 aliphatic carbocycles. The second-order valence-electron chi connectivity index (χ2n) is 26.9. The molecule has 12 atom stereocenters. The van der Waals surface area contributed by atoms with E-state index < -0.39 is 41.7 Å². The Bertz CT molecular complexity index is 2360. The van der Waals surface area contributed by atoms with E-state index in [9.17, 15) is 33.6 Å². The lowest BCUT2D eigenvalue weighted by Crippen LogP contribution is -2.60. The maximum atomic E-state index is 14.8. The number of ether oxygens (including phenoxy) is 5. The van der Waals surface area contributed by atoms with Gasteiger partial charge in [-0.05, 0) is 106 Å². The molecular formula is C69H116N6O13. The molecule has 1 N–H and O–H groups in total. The molecule has 0 spiro atoms. The van der Waals surface area contributed by atoms with Gasteiger partial charge in [0, 0.05) is 59.7 Å². The highest BCUT2D eigenvalue weighted by Gasteiger charge is 2.61. The number of nitrogens with zero attached hydrogens (tertiary/aromatic N) is 5. The third-order valence-electron chi connectivity index (χ3n) is 20.5. The van der Waals surface area contributed by atoms with E-state index in [0.717, 1.165) is 63.4 Å². The van der Waals surface area contributed by atoms with Gasteiger partial charge in [-0.15, -0.1) is 0 Å². The van der Waals surface area contributed by atoms with Gasteiger partial charge in [0.05, 0.1) is 100 Å². The molecule has 500 valence electrons. The van der Waals surface area contributed by atoms with Gasteiger partial charge in [0.1, 0.15) is 11.8 Å². The van der Waals surface area contributed by atoms with Crippen LogP contribution in [0.4, 0.5) is 0 Å². The third-order valence-corrected chi connectivity index (χ3v) is 20.5. The van der Waals surface area contributed by atoms with E-state index in [0.29, 0.717) is 78.4 Å². The number of hydrogen-bond donors (Lipinski definition) is 1. The number of hydroxylamine groups is 2. The Kier molecular flexibility index (Phi) is 30.4. The number of Topliss-reactive ketones (excluding diaryl/α,β-unsaturated/α-hetero) is 1. The number of methoxy groups -OCH3 is 2. The lowest BCUT2D eigenvalue weighted by molar-refractivity contribution is -0.228. The molecule has 0 bridgehead atoms. The minimum atomic E-state index is -0.860. The summed E-state index contributed by atoms with van der Waals surface area (Å²) in [4.78, 5) is 111. The van der Waals surface area contributed by atoms with Gasteiger partial charge in [0.15, 0.2) is 0 Å². The topological polar surface area (TPSA) is 203 Å². The van der Waals surface area contributed by atoms with E-state index in [-0.39, 0.29) is 121 Å². The van der Waals surface area contributed by atoms with Crippen molar-refractivity contribution in [2.45, 2.75) is 227 Å². The number of hydrogen-bond acceptors (Lipinski definition) is 14. The predicted molar refractivity (Wildman–Crippen MR) is 341 cm³/mol. The molecule has 5 rings (SSSR count). The summed E-state index contributed by atoms with van der Waals surface area (Å²) in [5, 5.41) is 4.77. The fourth-order valence-corrected chi connectivity index (χ4v) is 14.2. The van der Waals surface area contributed by atoms with E-state index in [2.05, 4.69) is 52.1 Å². The Balaban J connectivity index is 1.11. The second-order valence-corrected chi connectivity index (χ2v) is 26.9.